The number of nitrogens with two attached hydrogens (primary N) is 1. The third kappa shape index (κ3) is 6.72. The van der Waals surface area contributed by atoms with Crippen LogP contribution in [0.1, 0.15) is 15.9 Å². The highest BCUT2D eigenvalue weighted by Gasteiger charge is 2.30. The molecule has 2 aromatic carbocycles. The van der Waals surface area contributed by atoms with Crippen LogP contribution in [-0.2, 0) is 6.18 Å². The van der Waals surface area contributed by atoms with E-state index in [4.69, 9.17) is 17.3 Å². The van der Waals surface area contributed by atoms with Gasteiger partial charge in [0.1, 0.15) is 12.5 Å². The molecule has 0 heterocycles. The molecule has 0 spiro atoms. The molecule has 29 heavy (non-hydrogen) atoms. The van der Waals surface area contributed by atoms with Crippen LogP contribution in [0, 0.1) is 0 Å². The fourth-order valence-electron chi connectivity index (χ4n) is 2.24. The number of amidine groups is 1. The number of anilines is 2. The number of hydrogen-bond donors (Lipinski definition) is 4. The summed E-state index contributed by atoms with van der Waals surface area (Å²) in [6.45, 7) is 0.0744. The summed E-state index contributed by atoms with van der Waals surface area (Å²) in [5.74, 6) is -0.368. The number of amides is 1. The lowest BCUT2D eigenvalue weighted by atomic mass is 10.2. The first-order valence-electron chi connectivity index (χ1n) is 8.36. The van der Waals surface area contributed by atoms with E-state index < -0.39 is 17.6 Å². The van der Waals surface area contributed by atoms with E-state index in [0.717, 1.165) is 12.1 Å². The molecular formula is C19H19ClF3N5O. The van der Waals surface area contributed by atoms with E-state index in [1.54, 1.807) is 31.3 Å². The molecule has 0 saturated carbocycles. The second-order valence-corrected chi connectivity index (χ2v) is 6.17. The molecule has 2 aromatic rings. The first-order chi connectivity index (χ1) is 13.7. The molecule has 0 aliphatic carbocycles. The number of primary amides is 1. The summed E-state index contributed by atoms with van der Waals surface area (Å²) < 4.78 is 38.7. The molecule has 0 fully saturated rings. The minimum atomic E-state index is -4.46. The van der Waals surface area contributed by atoms with Crippen molar-refractivity contribution < 1.29 is 18.0 Å². The molecule has 5 N–H and O–H groups in total. The van der Waals surface area contributed by atoms with Crippen molar-refractivity contribution in [3.8, 4) is 0 Å². The van der Waals surface area contributed by atoms with Crippen LogP contribution in [-0.4, -0.2) is 25.5 Å². The molecule has 6 nitrogen and oxygen atoms in total. The van der Waals surface area contributed by atoms with Gasteiger partial charge in [0, 0.05) is 30.2 Å². The minimum Gasteiger partial charge on any atom is -0.393 e. The van der Waals surface area contributed by atoms with Gasteiger partial charge in [-0.05, 0) is 42.5 Å². The van der Waals surface area contributed by atoms with E-state index in [2.05, 4.69) is 20.9 Å². The van der Waals surface area contributed by atoms with Crippen LogP contribution in [0.4, 0.5) is 24.5 Å². The van der Waals surface area contributed by atoms with Crippen molar-refractivity contribution in [2.24, 2.45) is 10.7 Å². The summed E-state index contributed by atoms with van der Waals surface area (Å²) in [5.41, 5.74) is 5.63. The van der Waals surface area contributed by atoms with Crippen LogP contribution < -0.4 is 21.7 Å². The summed E-state index contributed by atoms with van der Waals surface area (Å²) in [4.78, 5) is 15.3. The van der Waals surface area contributed by atoms with Crippen molar-refractivity contribution in [3.63, 3.8) is 0 Å². The average molecular weight is 426 g/mol. The lowest BCUT2D eigenvalue weighted by molar-refractivity contribution is -0.137. The van der Waals surface area contributed by atoms with Gasteiger partial charge < -0.3 is 21.7 Å². The molecule has 0 aromatic heterocycles. The number of alkyl halides is 3. The van der Waals surface area contributed by atoms with Gasteiger partial charge in [-0.15, -0.1) is 0 Å². The van der Waals surface area contributed by atoms with Gasteiger partial charge >= 0.3 is 6.18 Å². The topological polar surface area (TPSA) is 91.5 Å². The van der Waals surface area contributed by atoms with Gasteiger partial charge in [-0.1, -0.05) is 17.7 Å². The van der Waals surface area contributed by atoms with Gasteiger partial charge in [-0.3, -0.25) is 4.79 Å². The number of carbonyl (C=O) groups is 1. The number of aliphatic imine (C=N–C) groups is 1. The molecule has 0 aliphatic rings. The Morgan fingerprint density at radius 3 is 2.45 bits per heavy atom. The number of hydrogen-bond acceptors (Lipinski definition) is 4. The largest absolute Gasteiger partial charge is 0.416 e. The number of nitrogens with zero attached hydrogens (tertiary/aromatic N) is 1. The summed E-state index contributed by atoms with van der Waals surface area (Å²) in [6, 6.07) is 11.1. The molecule has 0 atom stereocenters. The number of benzene rings is 2. The normalized spacial score (nSPS) is 12.4. The monoisotopic (exact) mass is 425 g/mol. The minimum absolute atomic E-state index is 0.0744. The van der Waals surface area contributed by atoms with E-state index in [1.165, 1.54) is 18.3 Å². The highest BCUT2D eigenvalue weighted by atomic mass is 35.5. The summed E-state index contributed by atoms with van der Waals surface area (Å²) >= 11 is 6.17. The Labute approximate surface area is 170 Å². The summed E-state index contributed by atoms with van der Waals surface area (Å²) in [7, 11) is 1.63. The Bertz CT molecular complexity index is 911. The van der Waals surface area contributed by atoms with Crippen LogP contribution in [0.5, 0.6) is 0 Å². The molecule has 10 heteroatoms. The maximum absolute atomic E-state index is 12.9. The molecule has 0 aliphatic heterocycles. The highest BCUT2D eigenvalue weighted by molar-refractivity contribution is 6.44. The van der Waals surface area contributed by atoms with Crippen LogP contribution in [0.2, 0.25) is 0 Å². The van der Waals surface area contributed by atoms with Gasteiger partial charge in [0.05, 0.1) is 10.6 Å². The van der Waals surface area contributed by atoms with E-state index >= 15 is 0 Å². The predicted molar refractivity (Wildman–Crippen MR) is 109 cm³/mol. The molecule has 0 bridgehead atoms. The van der Waals surface area contributed by atoms with Gasteiger partial charge in [0.2, 0.25) is 5.91 Å². The maximum atomic E-state index is 12.9. The Kier molecular flexibility index (Phi) is 7.49. The van der Waals surface area contributed by atoms with Gasteiger partial charge in [0.15, 0.2) is 0 Å². The highest BCUT2D eigenvalue weighted by Crippen LogP contribution is 2.30. The quantitative estimate of drug-likeness (QED) is 0.399. The Hall–Kier alpha value is -3.20. The Balaban J connectivity index is 2.15. The van der Waals surface area contributed by atoms with Crippen molar-refractivity contribution in [3.05, 3.63) is 70.9 Å². The fourth-order valence-corrected chi connectivity index (χ4v) is 2.46. The Morgan fingerprint density at radius 1 is 1.17 bits per heavy atom. The van der Waals surface area contributed by atoms with Crippen LogP contribution in [0.15, 0.2) is 64.8 Å². The lowest BCUT2D eigenvalue weighted by Crippen LogP contribution is -2.17. The molecule has 154 valence electrons. The van der Waals surface area contributed by atoms with E-state index in [9.17, 15) is 18.0 Å². The first kappa shape index (κ1) is 22.1. The van der Waals surface area contributed by atoms with Crippen molar-refractivity contribution in [2.75, 3.05) is 24.3 Å². The van der Waals surface area contributed by atoms with E-state index in [0.29, 0.717) is 11.3 Å². The SMILES string of the molecule is CN/C=C(Cl)\C(=N/CNc1ccc(C(N)=O)cc1)Nc1cccc(C(F)(F)F)c1. The molecule has 0 radical (unpaired) electrons. The second kappa shape index (κ2) is 9.83. The number of rotatable bonds is 7. The number of halogens is 4. The van der Waals surface area contributed by atoms with Gasteiger partial charge in [0.25, 0.3) is 0 Å². The molecule has 0 saturated heterocycles. The maximum Gasteiger partial charge on any atom is 0.416 e. The third-order valence-electron chi connectivity index (χ3n) is 3.64. The van der Waals surface area contributed by atoms with Crippen LogP contribution in [0.3, 0.4) is 0 Å². The lowest BCUT2D eigenvalue weighted by Gasteiger charge is -2.13. The summed E-state index contributed by atoms with van der Waals surface area (Å²) in [6.07, 6.45) is -3.01. The third-order valence-corrected chi connectivity index (χ3v) is 3.93. The zero-order valence-corrected chi connectivity index (χ0v) is 16.1. The number of nitrogens with one attached hydrogen (secondary N) is 3. The second-order valence-electron chi connectivity index (χ2n) is 5.77. The van der Waals surface area contributed by atoms with Crippen molar-refractivity contribution in [1.82, 2.24) is 5.32 Å². The zero-order valence-electron chi connectivity index (χ0n) is 15.3. The zero-order chi connectivity index (χ0) is 21.4. The molecule has 2 rings (SSSR count). The molecule has 1 amide bonds. The average Bonchev–Trinajstić information content (AvgIpc) is 2.67. The standard InChI is InChI=1S/C19H19ClF3N5O/c1-25-10-16(20)18(28-15-4-2-3-13(9-15)19(21,22)23)27-11-26-14-7-5-12(6-8-14)17(24)29/h2-10,25-26H,11H2,1H3,(H2,24,29)(H,27,28)/b16-10+. The van der Waals surface area contributed by atoms with Crippen molar-refractivity contribution in [2.45, 2.75) is 6.18 Å². The number of carbonyl (C=O) groups excluding carboxylic acids is 1. The first-order valence-corrected chi connectivity index (χ1v) is 8.74. The van der Waals surface area contributed by atoms with Crippen LogP contribution >= 0.6 is 11.6 Å². The van der Waals surface area contributed by atoms with Crippen molar-refractivity contribution in [1.29, 1.82) is 0 Å². The smallest absolute Gasteiger partial charge is 0.393 e. The summed E-state index contributed by atoms with van der Waals surface area (Å²) in [5, 5.41) is 8.70. The van der Waals surface area contributed by atoms with Crippen LogP contribution in [0.25, 0.3) is 0 Å². The fraction of sp³-hybridized carbons (Fsp3) is 0.158. The van der Waals surface area contributed by atoms with Gasteiger partial charge in [-0.2, -0.15) is 13.2 Å². The Morgan fingerprint density at radius 2 is 1.86 bits per heavy atom. The van der Waals surface area contributed by atoms with E-state index in [-0.39, 0.29) is 23.2 Å². The molecular weight excluding hydrogens is 407 g/mol. The van der Waals surface area contributed by atoms with Crippen molar-refractivity contribution >= 4 is 34.7 Å². The predicted octanol–water partition coefficient (Wildman–Crippen LogP) is 3.98. The van der Waals surface area contributed by atoms with E-state index in [1.807, 2.05) is 0 Å². The molecule has 0 unspecified atom stereocenters. The van der Waals surface area contributed by atoms with Gasteiger partial charge in [-0.25, -0.2) is 4.99 Å².